The van der Waals surface area contributed by atoms with Gasteiger partial charge < -0.3 is 10.2 Å². The van der Waals surface area contributed by atoms with E-state index in [0.29, 0.717) is 0 Å². The highest BCUT2D eigenvalue weighted by Crippen LogP contribution is 2.31. The van der Waals surface area contributed by atoms with E-state index in [9.17, 15) is 0 Å². The lowest BCUT2D eigenvalue weighted by molar-refractivity contribution is 0.0834. The fourth-order valence-corrected chi connectivity index (χ4v) is 4.60. The second-order valence-corrected chi connectivity index (χ2v) is 8.51. The Morgan fingerprint density at radius 3 is 2.29 bits per heavy atom. The first-order valence-electron chi connectivity index (χ1n) is 9.66. The van der Waals surface area contributed by atoms with Gasteiger partial charge in [0.05, 0.1) is 0 Å². The minimum atomic E-state index is 0.756. The van der Waals surface area contributed by atoms with E-state index in [4.69, 9.17) is 0 Å². The van der Waals surface area contributed by atoms with Crippen LogP contribution in [0.1, 0.15) is 65.2 Å². The third kappa shape index (κ3) is 4.45. The van der Waals surface area contributed by atoms with Crippen molar-refractivity contribution in [2.75, 3.05) is 26.2 Å². The standard InChI is InChI=1S/C19H36N2/c1-15(2)18-10-19(20-11-16-6-3-4-7-16)14-21(13-18)12-17-8-5-9-17/h15-20H,3-14H2,1-2H3. The largest absolute Gasteiger partial charge is 0.312 e. The summed E-state index contributed by atoms with van der Waals surface area (Å²) in [5.41, 5.74) is 0. The molecular weight excluding hydrogens is 256 g/mol. The topological polar surface area (TPSA) is 15.3 Å². The first-order chi connectivity index (χ1) is 10.2. The van der Waals surface area contributed by atoms with Crippen LogP contribution in [0.15, 0.2) is 0 Å². The maximum Gasteiger partial charge on any atom is 0.0198 e. The molecule has 2 unspecified atom stereocenters. The van der Waals surface area contributed by atoms with Crippen molar-refractivity contribution in [3.63, 3.8) is 0 Å². The Bertz CT molecular complexity index is 305. The van der Waals surface area contributed by atoms with Crippen LogP contribution in [0.25, 0.3) is 0 Å². The van der Waals surface area contributed by atoms with Gasteiger partial charge >= 0.3 is 0 Å². The van der Waals surface area contributed by atoms with Gasteiger partial charge in [0.2, 0.25) is 0 Å². The van der Waals surface area contributed by atoms with Crippen LogP contribution in [0, 0.1) is 23.7 Å². The Kier molecular flexibility index (Phi) is 5.61. The first-order valence-corrected chi connectivity index (χ1v) is 9.66. The van der Waals surface area contributed by atoms with E-state index < -0.39 is 0 Å². The van der Waals surface area contributed by atoms with Gasteiger partial charge in [-0.1, -0.05) is 33.1 Å². The summed E-state index contributed by atoms with van der Waals surface area (Å²) in [6.45, 7) is 10.2. The molecule has 1 N–H and O–H groups in total. The third-order valence-corrected chi connectivity index (χ3v) is 6.41. The number of hydrogen-bond acceptors (Lipinski definition) is 2. The summed E-state index contributed by atoms with van der Waals surface area (Å²) in [7, 11) is 0. The van der Waals surface area contributed by atoms with Gasteiger partial charge in [-0.05, 0) is 62.3 Å². The molecule has 122 valence electrons. The predicted molar refractivity (Wildman–Crippen MR) is 90.5 cm³/mol. The fourth-order valence-electron chi connectivity index (χ4n) is 4.60. The van der Waals surface area contributed by atoms with Crippen LogP contribution in [0.2, 0.25) is 0 Å². The highest BCUT2D eigenvalue weighted by Gasteiger charge is 2.31. The van der Waals surface area contributed by atoms with Gasteiger partial charge in [0.1, 0.15) is 0 Å². The lowest BCUT2D eigenvalue weighted by atomic mass is 9.82. The number of likely N-dealkylation sites (tertiary alicyclic amines) is 1. The fraction of sp³-hybridized carbons (Fsp3) is 1.00. The van der Waals surface area contributed by atoms with E-state index in [1.807, 2.05) is 0 Å². The smallest absolute Gasteiger partial charge is 0.0198 e. The van der Waals surface area contributed by atoms with Crippen LogP contribution in [0.5, 0.6) is 0 Å². The molecule has 0 aromatic heterocycles. The minimum Gasteiger partial charge on any atom is -0.312 e. The monoisotopic (exact) mass is 292 g/mol. The van der Waals surface area contributed by atoms with Crippen LogP contribution in [0.4, 0.5) is 0 Å². The van der Waals surface area contributed by atoms with E-state index in [1.54, 1.807) is 0 Å². The molecule has 0 bridgehead atoms. The van der Waals surface area contributed by atoms with Crippen molar-refractivity contribution in [2.24, 2.45) is 23.7 Å². The highest BCUT2D eigenvalue weighted by molar-refractivity contribution is 4.87. The zero-order chi connectivity index (χ0) is 14.7. The van der Waals surface area contributed by atoms with E-state index in [1.165, 1.54) is 77.5 Å². The van der Waals surface area contributed by atoms with Crippen LogP contribution < -0.4 is 5.32 Å². The summed E-state index contributed by atoms with van der Waals surface area (Å²) in [5.74, 6) is 3.74. The molecule has 2 saturated carbocycles. The van der Waals surface area contributed by atoms with Crippen LogP contribution >= 0.6 is 0 Å². The summed E-state index contributed by atoms with van der Waals surface area (Å²) < 4.78 is 0. The average molecular weight is 293 g/mol. The summed E-state index contributed by atoms with van der Waals surface area (Å²) in [6, 6.07) is 0.756. The number of piperidine rings is 1. The lowest BCUT2D eigenvalue weighted by Gasteiger charge is -2.42. The Labute approximate surface area is 132 Å². The van der Waals surface area contributed by atoms with Crippen LogP contribution in [-0.4, -0.2) is 37.1 Å². The molecule has 3 aliphatic rings. The normalized spacial score (nSPS) is 32.7. The van der Waals surface area contributed by atoms with Gasteiger partial charge in [-0.3, -0.25) is 0 Å². The second-order valence-electron chi connectivity index (χ2n) is 8.51. The van der Waals surface area contributed by atoms with Crippen molar-refractivity contribution in [2.45, 2.75) is 71.3 Å². The van der Waals surface area contributed by atoms with Crippen molar-refractivity contribution in [3.8, 4) is 0 Å². The van der Waals surface area contributed by atoms with Crippen LogP contribution in [-0.2, 0) is 0 Å². The molecule has 3 fully saturated rings. The molecule has 1 heterocycles. The number of hydrogen-bond donors (Lipinski definition) is 1. The molecule has 2 atom stereocenters. The molecule has 3 rings (SSSR count). The van der Waals surface area contributed by atoms with Crippen molar-refractivity contribution in [3.05, 3.63) is 0 Å². The van der Waals surface area contributed by atoms with Crippen LogP contribution in [0.3, 0.4) is 0 Å². The number of nitrogens with zero attached hydrogens (tertiary/aromatic N) is 1. The Morgan fingerprint density at radius 1 is 0.952 bits per heavy atom. The van der Waals surface area contributed by atoms with Crippen molar-refractivity contribution < 1.29 is 0 Å². The molecule has 0 spiro atoms. The van der Waals surface area contributed by atoms with Gasteiger partial charge in [-0.15, -0.1) is 0 Å². The summed E-state index contributed by atoms with van der Waals surface area (Å²) in [5, 5.41) is 3.95. The summed E-state index contributed by atoms with van der Waals surface area (Å²) in [6.07, 6.45) is 11.8. The van der Waals surface area contributed by atoms with Gasteiger partial charge in [-0.2, -0.15) is 0 Å². The maximum atomic E-state index is 3.95. The molecule has 0 amide bonds. The lowest BCUT2D eigenvalue weighted by Crippen LogP contribution is -2.52. The number of nitrogens with one attached hydrogen (secondary N) is 1. The Morgan fingerprint density at radius 2 is 1.67 bits per heavy atom. The highest BCUT2D eigenvalue weighted by atomic mass is 15.2. The molecule has 0 aromatic rings. The summed E-state index contributed by atoms with van der Waals surface area (Å²) in [4.78, 5) is 2.80. The van der Waals surface area contributed by atoms with E-state index >= 15 is 0 Å². The SMILES string of the molecule is CC(C)C1CC(NCC2CCCC2)CN(CC2CCC2)C1. The van der Waals surface area contributed by atoms with Gasteiger partial charge in [0.25, 0.3) is 0 Å². The Hall–Kier alpha value is -0.0800. The predicted octanol–water partition coefficient (Wildman–Crippen LogP) is 3.91. The zero-order valence-corrected chi connectivity index (χ0v) is 14.3. The zero-order valence-electron chi connectivity index (χ0n) is 14.3. The van der Waals surface area contributed by atoms with Crippen molar-refractivity contribution in [1.82, 2.24) is 10.2 Å². The quantitative estimate of drug-likeness (QED) is 0.798. The molecule has 0 radical (unpaired) electrons. The maximum absolute atomic E-state index is 3.95. The van der Waals surface area contributed by atoms with E-state index in [2.05, 4.69) is 24.1 Å². The Balaban J connectivity index is 1.48. The number of rotatable bonds is 6. The first kappa shape index (κ1) is 15.8. The molecule has 0 aromatic carbocycles. The minimum absolute atomic E-state index is 0.756. The molecule has 1 saturated heterocycles. The summed E-state index contributed by atoms with van der Waals surface area (Å²) >= 11 is 0. The average Bonchev–Trinajstić information content (AvgIpc) is 2.94. The second kappa shape index (κ2) is 7.46. The van der Waals surface area contributed by atoms with Gasteiger partial charge in [-0.25, -0.2) is 0 Å². The molecule has 2 aliphatic carbocycles. The van der Waals surface area contributed by atoms with Crippen molar-refractivity contribution >= 4 is 0 Å². The van der Waals surface area contributed by atoms with Gasteiger partial charge in [0.15, 0.2) is 0 Å². The molecule has 1 aliphatic heterocycles. The van der Waals surface area contributed by atoms with Gasteiger partial charge in [0, 0.05) is 25.7 Å². The van der Waals surface area contributed by atoms with E-state index in [-0.39, 0.29) is 0 Å². The molecular formula is C19H36N2. The van der Waals surface area contributed by atoms with E-state index in [0.717, 1.165) is 29.7 Å². The molecule has 21 heavy (non-hydrogen) atoms. The molecule has 2 heteroatoms. The van der Waals surface area contributed by atoms with Crippen molar-refractivity contribution in [1.29, 1.82) is 0 Å². The molecule has 2 nitrogen and oxygen atoms in total. The third-order valence-electron chi connectivity index (χ3n) is 6.41.